The number of oxazole rings is 1. The molecule has 0 aliphatic heterocycles. The number of fused-ring (bicyclic) bond motifs is 1. The van der Waals surface area contributed by atoms with Crippen LogP contribution in [-0.2, 0) is 0 Å². The zero-order valence-corrected chi connectivity index (χ0v) is 9.80. The van der Waals surface area contributed by atoms with Crippen molar-refractivity contribution >= 4 is 16.9 Å². The van der Waals surface area contributed by atoms with Crippen LogP contribution in [0.5, 0.6) is 0 Å². The second-order valence-electron chi connectivity index (χ2n) is 4.11. The average molecular weight is 313 g/mol. The van der Waals surface area contributed by atoms with Crippen molar-refractivity contribution in [3.05, 3.63) is 34.3 Å². The number of Topliss-reactive ketones (excluding diaryl/α,β-unsaturated/α-hetero) is 1. The van der Waals surface area contributed by atoms with Crippen LogP contribution in [0.1, 0.15) is 10.4 Å². The van der Waals surface area contributed by atoms with E-state index in [9.17, 15) is 35.9 Å². The standard InChI is InChI=1S/C11H5F6NO3/c12-10(13,14)8(11(15,16)17)7(19)4-1-2-5-6(3-4)21-9(20)18-5/h1-3,8H,(H,18,20). The number of benzene rings is 1. The first kappa shape index (κ1) is 15.1. The summed E-state index contributed by atoms with van der Waals surface area (Å²) in [5.74, 6) is -7.24. The molecule has 0 unspecified atom stereocenters. The number of ketones is 1. The number of halogens is 6. The van der Waals surface area contributed by atoms with Crippen LogP contribution in [0.3, 0.4) is 0 Å². The summed E-state index contributed by atoms with van der Waals surface area (Å²) in [6.07, 6.45) is -11.5. The van der Waals surface area contributed by atoms with E-state index in [1.165, 1.54) is 0 Å². The van der Waals surface area contributed by atoms with Gasteiger partial charge >= 0.3 is 18.1 Å². The Morgan fingerprint density at radius 3 is 2.19 bits per heavy atom. The van der Waals surface area contributed by atoms with Crippen LogP contribution >= 0.6 is 0 Å². The quantitative estimate of drug-likeness (QED) is 0.684. The largest absolute Gasteiger partial charge is 0.417 e. The highest BCUT2D eigenvalue weighted by molar-refractivity contribution is 6.01. The second-order valence-corrected chi connectivity index (χ2v) is 4.11. The molecule has 0 aliphatic rings. The maximum Gasteiger partial charge on any atom is 0.417 e. The van der Waals surface area contributed by atoms with E-state index < -0.39 is 35.4 Å². The Balaban J connectivity index is 2.50. The third-order valence-corrected chi connectivity index (χ3v) is 2.62. The van der Waals surface area contributed by atoms with Gasteiger partial charge in [-0.3, -0.25) is 9.78 Å². The van der Waals surface area contributed by atoms with Gasteiger partial charge in [0.2, 0.25) is 5.92 Å². The smallest absolute Gasteiger partial charge is 0.408 e. The molecule has 0 amide bonds. The van der Waals surface area contributed by atoms with E-state index in [1.54, 1.807) is 0 Å². The molecule has 0 saturated carbocycles. The van der Waals surface area contributed by atoms with Crippen molar-refractivity contribution in [1.82, 2.24) is 4.98 Å². The van der Waals surface area contributed by atoms with Gasteiger partial charge in [0.05, 0.1) is 5.52 Å². The molecule has 0 spiro atoms. The summed E-state index contributed by atoms with van der Waals surface area (Å²) < 4.78 is 79.2. The minimum Gasteiger partial charge on any atom is -0.408 e. The lowest BCUT2D eigenvalue weighted by Gasteiger charge is -2.21. The molecule has 21 heavy (non-hydrogen) atoms. The van der Waals surface area contributed by atoms with Gasteiger partial charge in [0.1, 0.15) is 0 Å². The number of hydrogen-bond donors (Lipinski definition) is 1. The zero-order valence-electron chi connectivity index (χ0n) is 9.80. The van der Waals surface area contributed by atoms with Gasteiger partial charge in [0.25, 0.3) is 0 Å². The van der Waals surface area contributed by atoms with Gasteiger partial charge in [-0.05, 0) is 18.2 Å². The maximum atomic E-state index is 12.4. The molecule has 2 aromatic rings. The van der Waals surface area contributed by atoms with Gasteiger partial charge in [0.15, 0.2) is 11.4 Å². The van der Waals surface area contributed by atoms with Crippen molar-refractivity contribution in [3.8, 4) is 0 Å². The number of carbonyl (C=O) groups is 1. The van der Waals surface area contributed by atoms with Crippen LogP contribution in [0, 0.1) is 5.92 Å². The fourth-order valence-electron chi connectivity index (χ4n) is 1.75. The average Bonchev–Trinajstić information content (AvgIpc) is 2.63. The SMILES string of the molecule is O=C(c1ccc2[nH]c(=O)oc2c1)C(C(F)(F)F)C(F)(F)F. The van der Waals surface area contributed by atoms with Gasteiger partial charge in [-0.1, -0.05) is 0 Å². The van der Waals surface area contributed by atoms with E-state index in [2.05, 4.69) is 9.40 Å². The summed E-state index contributed by atoms with van der Waals surface area (Å²) in [6, 6.07) is 2.39. The van der Waals surface area contributed by atoms with Crippen LogP contribution in [0.15, 0.2) is 27.4 Å². The lowest BCUT2D eigenvalue weighted by atomic mass is 9.96. The van der Waals surface area contributed by atoms with Crippen LogP contribution in [0.4, 0.5) is 26.3 Å². The molecule has 4 nitrogen and oxygen atoms in total. The summed E-state index contributed by atoms with van der Waals surface area (Å²) >= 11 is 0. The minimum atomic E-state index is -5.77. The predicted molar refractivity (Wildman–Crippen MR) is 56.8 cm³/mol. The number of carbonyl (C=O) groups excluding carboxylic acids is 1. The van der Waals surface area contributed by atoms with Crippen LogP contribution < -0.4 is 5.76 Å². The number of aromatic amines is 1. The number of hydrogen-bond acceptors (Lipinski definition) is 3. The zero-order chi connectivity index (χ0) is 16.0. The molecule has 0 bridgehead atoms. The molecule has 1 aromatic carbocycles. The Morgan fingerprint density at radius 1 is 1.10 bits per heavy atom. The van der Waals surface area contributed by atoms with E-state index in [4.69, 9.17) is 0 Å². The van der Waals surface area contributed by atoms with Crippen molar-refractivity contribution < 1.29 is 35.6 Å². The highest BCUT2D eigenvalue weighted by atomic mass is 19.4. The molecule has 10 heteroatoms. The molecule has 0 saturated heterocycles. The summed E-state index contributed by atoms with van der Waals surface area (Å²) in [4.78, 5) is 24.5. The normalized spacial score (nSPS) is 13.1. The Morgan fingerprint density at radius 2 is 1.67 bits per heavy atom. The Bertz CT molecular complexity index is 725. The first-order valence-electron chi connectivity index (χ1n) is 5.30. The van der Waals surface area contributed by atoms with Crippen molar-refractivity contribution in [1.29, 1.82) is 0 Å². The fraction of sp³-hybridized carbons (Fsp3) is 0.273. The van der Waals surface area contributed by atoms with E-state index in [-0.39, 0.29) is 11.1 Å². The lowest BCUT2D eigenvalue weighted by molar-refractivity contribution is -0.264. The highest BCUT2D eigenvalue weighted by Crippen LogP contribution is 2.41. The Kier molecular flexibility index (Phi) is 3.34. The first-order chi connectivity index (χ1) is 9.50. The second kappa shape index (κ2) is 4.64. The summed E-state index contributed by atoms with van der Waals surface area (Å²) in [5.41, 5.74) is -1.12. The third-order valence-electron chi connectivity index (χ3n) is 2.62. The van der Waals surface area contributed by atoms with Gasteiger partial charge in [-0.2, -0.15) is 26.3 Å². The molecular formula is C11H5F6NO3. The molecule has 1 N–H and O–H groups in total. The lowest BCUT2D eigenvalue weighted by Crippen LogP contribution is -2.42. The number of nitrogens with one attached hydrogen (secondary N) is 1. The first-order valence-corrected chi connectivity index (χ1v) is 5.30. The maximum absolute atomic E-state index is 12.4. The van der Waals surface area contributed by atoms with Crippen LogP contribution in [-0.4, -0.2) is 23.1 Å². The summed E-state index contributed by atoms with van der Waals surface area (Å²) in [6.45, 7) is 0. The van der Waals surface area contributed by atoms with Crippen LogP contribution in [0.2, 0.25) is 0 Å². The topological polar surface area (TPSA) is 63.1 Å². The molecule has 0 radical (unpaired) electrons. The summed E-state index contributed by atoms with van der Waals surface area (Å²) in [7, 11) is 0. The summed E-state index contributed by atoms with van der Waals surface area (Å²) in [5, 5.41) is 0. The van der Waals surface area contributed by atoms with Crippen molar-refractivity contribution in [2.45, 2.75) is 12.4 Å². The van der Waals surface area contributed by atoms with Gasteiger partial charge in [-0.25, -0.2) is 4.79 Å². The van der Waals surface area contributed by atoms with Gasteiger partial charge in [0, 0.05) is 5.56 Å². The van der Waals surface area contributed by atoms with Crippen LogP contribution in [0.25, 0.3) is 11.1 Å². The van der Waals surface area contributed by atoms with Crippen molar-refractivity contribution in [2.75, 3.05) is 0 Å². The fourth-order valence-corrected chi connectivity index (χ4v) is 1.75. The van der Waals surface area contributed by atoms with E-state index in [0.29, 0.717) is 6.07 Å². The van der Waals surface area contributed by atoms with E-state index in [0.717, 1.165) is 12.1 Å². The minimum absolute atomic E-state index is 0.0483. The molecule has 2 rings (SSSR count). The molecule has 0 atom stereocenters. The highest BCUT2D eigenvalue weighted by Gasteiger charge is 2.60. The molecule has 0 fully saturated rings. The number of rotatable bonds is 2. The van der Waals surface area contributed by atoms with Crippen molar-refractivity contribution in [2.24, 2.45) is 5.92 Å². The molecular weight excluding hydrogens is 308 g/mol. The van der Waals surface area contributed by atoms with Gasteiger partial charge in [-0.15, -0.1) is 0 Å². The van der Waals surface area contributed by atoms with E-state index in [1.807, 2.05) is 0 Å². The number of aromatic nitrogens is 1. The molecule has 0 aliphatic carbocycles. The van der Waals surface area contributed by atoms with E-state index >= 15 is 0 Å². The Hall–Kier alpha value is -2.26. The third kappa shape index (κ3) is 2.93. The number of H-pyrrole nitrogens is 1. The molecule has 1 aromatic heterocycles. The molecule has 1 heterocycles. The molecule has 114 valence electrons. The van der Waals surface area contributed by atoms with Crippen molar-refractivity contribution in [3.63, 3.8) is 0 Å². The van der Waals surface area contributed by atoms with Gasteiger partial charge < -0.3 is 4.42 Å². The Labute approximate surface area is 111 Å². The predicted octanol–water partition coefficient (Wildman–Crippen LogP) is 3.04. The monoisotopic (exact) mass is 313 g/mol. The number of alkyl halides is 6.